The molecule has 7 heteroatoms. The van der Waals surface area contributed by atoms with Crippen LogP contribution in [0.2, 0.25) is 0 Å². The van der Waals surface area contributed by atoms with Crippen LogP contribution >= 0.6 is 0 Å². The summed E-state index contributed by atoms with van der Waals surface area (Å²) < 4.78 is 5.74. The van der Waals surface area contributed by atoms with Crippen LogP contribution in [-0.2, 0) is 20.9 Å². The second-order valence-corrected chi connectivity index (χ2v) is 11.4. The lowest BCUT2D eigenvalue weighted by atomic mass is 9.74. The molecule has 2 amide bonds. The molecule has 1 unspecified atom stereocenters. The van der Waals surface area contributed by atoms with Crippen molar-refractivity contribution < 1.29 is 24.2 Å². The van der Waals surface area contributed by atoms with Crippen molar-refractivity contribution in [3.8, 4) is 11.1 Å². The summed E-state index contributed by atoms with van der Waals surface area (Å²) in [4.78, 5) is 40.1. The van der Waals surface area contributed by atoms with E-state index in [-0.39, 0.29) is 43.4 Å². The van der Waals surface area contributed by atoms with Gasteiger partial charge in [0.25, 0.3) is 0 Å². The van der Waals surface area contributed by atoms with Crippen LogP contribution in [0.1, 0.15) is 54.7 Å². The average Bonchev–Trinajstić information content (AvgIpc) is 3.57. The zero-order chi connectivity index (χ0) is 27.7. The summed E-state index contributed by atoms with van der Waals surface area (Å²) in [6.45, 7) is 0.882. The molecule has 0 aliphatic heterocycles. The number of rotatable bonds is 10. The highest BCUT2D eigenvalue weighted by Gasteiger charge is 2.74. The van der Waals surface area contributed by atoms with Crippen molar-refractivity contribution in [3.05, 3.63) is 95.6 Å². The Hall–Kier alpha value is -4.13. The lowest BCUT2D eigenvalue weighted by molar-refractivity contribution is -0.142. The standard InChI is InChI=1S/C33H34N2O5/c36-29(37)15-18-35(19-23-9-2-1-3-10-23)30(38)33(21-32(33)16-8-17-32)22-34-31(39)40-20-28-26-13-6-4-11-24(26)25-12-5-7-14-27(25)28/h1-7,9-14,28H,8,15-22H2,(H,34,39)(H,36,37). The number of nitrogens with zero attached hydrogens (tertiary/aromatic N) is 1. The normalized spacial score (nSPS) is 19.7. The minimum Gasteiger partial charge on any atom is -0.481 e. The molecule has 2 fully saturated rings. The molecule has 206 valence electrons. The Labute approximate surface area is 234 Å². The smallest absolute Gasteiger partial charge is 0.407 e. The minimum absolute atomic E-state index is 0.0370. The number of hydrogen-bond acceptors (Lipinski definition) is 4. The molecule has 40 heavy (non-hydrogen) atoms. The van der Waals surface area contributed by atoms with Crippen LogP contribution in [0.4, 0.5) is 4.79 Å². The van der Waals surface area contributed by atoms with Gasteiger partial charge in [0.1, 0.15) is 6.61 Å². The van der Waals surface area contributed by atoms with Gasteiger partial charge in [-0.1, -0.05) is 85.3 Å². The van der Waals surface area contributed by atoms with Gasteiger partial charge in [0.2, 0.25) is 5.91 Å². The summed E-state index contributed by atoms with van der Waals surface area (Å²) >= 11 is 0. The van der Waals surface area contributed by atoms with Crippen LogP contribution in [0.15, 0.2) is 78.9 Å². The second kappa shape index (κ2) is 10.5. The van der Waals surface area contributed by atoms with E-state index < -0.39 is 17.5 Å². The molecule has 0 heterocycles. The minimum atomic E-state index is -0.939. The fraction of sp³-hybridized carbons (Fsp3) is 0.364. The number of nitrogens with one attached hydrogen (secondary N) is 1. The quantitative estimate of drug-likeness (QED) is 0.351. The Kier molecular flexibility index (Phi) is 6.82. The Morgan fingerprint density at radius 2 is 1.52 bits per heavy atom. The molecule has 0 aromatic heterocycles. The lowest BCUT2D eigenvalue weighted by Crippen LogP contribution is -2.47. The van der Waals surface area contributed by atoms with Crippen LogP contribution in [0, 0.1) is 10.8 Å². The van der Waals surface area contributed by atoms with Crippen LogP contribution in [0.25, 0.3) is 11.1 Å². The molecule has 7 nitrogen and oxygen atoms in total. The van der Waals surface area contributed by atoms with Crippen molar-refractivity contribution in [2.24, 2.45) is 10.8 Å². The van der Waals surface area contributed by atoms with E-state index in [1.165, 1.54) is 11.1 Å². The van der Waals surface area contributed by atoms with Crippen molar-refractivity contribution >= 4 is 18.0 Å². The molecule has 0 radical (unpaired) electrons. The molecule has 3 aliphatic carbocycles. The van der Waals surface area contributed by atoms with Crippen molar-refractivity contribution in [2.45, 2.75) is 44.6 Å². The van der Waals surface area contributed by atoms with E-state index in [1.807, 2.05) is 54.6 Å². The van der Waals surface area contributed by atoms with Gasteiger partial charge in [-0.25, -0.2) is 4.79 Å². The topological polar surface area (TPSA) is 95.9 Å². The number of fused-ring (bicyclic) bond motifs is 3. The van der Waals surface area contributed by atoms with Crippen molar-refractivity contribution in [1.29, 1.82) is 0 Å². The van der Waals surface area contributed by atoms with Gasteiger partial charge in [-0.15, -0.1) is 0 Å². The van der Waals surface area contributed by atoms with E-state index in [9.17, 15) is 19.5 Å². The van der Waals surface area contributed by atoms with E-state index in [4.69, 9.17) is 4.74 Å². The number of benzene rings is 3. The monoisotopic (exact) mass is 538 g/mol. The van der Waals surface area contributed by atoms with Crippen LogP contribution in [-0.4, -0.2) is 47.7 Å². The summed E-state index contributed by atoms with van der Waals surface area (Å²) in [6.07, 6.45) is 3.01. The Balaban J connectivity index is 1.14. The molecule has 3 aromatic carbocycles. The Morgan fingerprint density at radius 3 is 2.10 bits per heavy atom. The highest BCUT2D eigenvalue weighted by Crippen LogP contribution is 2.74. The second-order valence-electron chi connectivity index (χ2n) is 11.4. The fourth-order valence-corrected chi connectivity index (χ4v) is 6.88. The fourth-order valence-electron chi connectivity index (χ4n) is 6.88. The number of carboxylic acid groups (broad SMARTS) is 1. The first-order valence-corrected chi connectivity index (χ1v) is 14.1. The first-order chi connectivity index (χ1) is 19.4. The zero-order valence-electron chi connectivity index (χ0n) is 22.5. The Bertz CT molecular complexity index is 1390. The third kappa shape index (κ3) is 4.63. The molecule has 2 N–H and O–H groups in total. The van der Waals surface area contributed by atoms with E-state index in [0.29, 0.717) is 13.0 Å². The number of carbonyl (C=O) groups excluding carboxylic acids is 2. The predicted molar refractivity (Wildman–Crippen MR) is 151 cm³/mol. The average molecular weight is 539 g/mol. The van der Waals surface area contributed by atoms with E-state index in [1.54, 1.807) is 4.90 Å². The molecule has 6 rings (SSSR count). The first kappa shape index (κ1) is 26.1. The Morgan fingerprint density at radius 1 is 0.900 bits per heavy atom. The highest BCUT2D eigenvalue weighted by atomic mass is 16.5. The van der Waals surface area contributed by atoms with Crippen molar-refractivity contribution in [1.82, 2.24) is 10.2 Å². The summed E-state index contributed by atoms with van der Waals surface area (Å²) in [7, 11) is 0. The number of aliphatic carboxylic acids is 1. The number of amides is 2. The van der Waals surface area contributed by atoms with Crippen LogP contribution in [0.5, 0.6) is 0 Å². The summed E-state index contributed by atoms with van der Waals surface area (Å²) in [5.41, 5.74) is 4.75. The highest BCUT2D eigenvalue weighted by molar-refractivity contribution is 5.89. The van der Waals surface area contributed by atoms with Gasteiger partial charge >= 0.3 is 12.1 Å². The molecule has 2 saturated carbocycles. The van der Waals surface area contributed by atoms with Gasteiger partial charge in [-0.3, -0.25) is 9.59 Å². The largest absolute Gasteiger partial charge is 0.481 e. The van der Waals surface area contributed by atoms with Crippen LogP contribution in [0.3, 0.4) is 0 Å². The van der Waals surface area contributed by atoms with Gasteiger partial charge < -0.3 is 20.1 Å². The molecular weight excluding hydrogens is 504 g/mol. The van der Waals surface area contributed by atoms with Gasteiger partial charge in [0.15, 0.2) is 0 Å². The third-order valence-corrected chi connectivity index (χ3v) is 9.23. The molecule has 0 saturated heterocycles. The summed E-state index contributed by atoms with van der Waals surface area (Å²) in [5.74, 6) is -1.05. The van der Waals surface area contributed by atoms with E-state index >= 15 is 0 Å². The number of carbonyl (C=O) groups is 3. The molecule has 1 atom stereocenters. The van der Waals surface area contributed by atoms with Gasteiger partial charge in [-0.2, -0.15) is 0 Å². The van der Waals surface area contributed by atoms with Gasteiger partial charge in [0.05, 0.1) is 11.8 Å². The van der Waals surface area contributed by atoms with E-state index in [0.717, 1.165) is 36.0 Å². The molecule has 1 spiro atoms. The number of carboxylic acids is 1. The SMILES string of the molecule is O=C(O)CCN(Cc1ccccc1)C(=O)C1(CNC(=O)OCC2c3ccccc3-c3ccccc32)CC12CCC2. The summed E-state index contributed by atoms with van der Waals surface area (Å²) in [5, 5.41) is 12.2. The number of hydrogen-bond donors (Lipinski definition) is 2. The molecular formula is C33H34N2O5. The van der Waals surface area contributed by atoms with Crippen molar-refractivity contribution in [2.75, 3.05) is 19.7 Å². The van der Waals surface area contributed by atoms with Crippen LogP contribution < -0.4 is 5.32 Å². The molecule has 3 aromatic rings. The number of alkyl carbamates (subject to hydrolysis) is 1. The molecule has 0 bridgehead atoms. The maximum Gasteiger partial charge on any atom is 0.407 e. The lowest BCUT2D eigenvalue weighted by Gasteiger charge is -2.35. The molecule has 3 aliphatic rings. The van der Waals surface area contributed by atoms with Gasteiger partial charge in [-0.05, 0) is 52.5 Å². The van der Waals surface area contributed by atoms with Gasteiger partial charge in [0, 0.05) is 25.6 Å². The summed E-state index contributed by atoms with van der Waals surface area (Å²) in [6, 6.07) is 26.0. The maximum absolute atomic E-state index is 14.0. The van der Waals surface area contributed by atoms with Crippen molar-refractivity contribution in [3.63, 3.8) is 0 Å². The number of ether oxygens (including phenoxy) is 1. The first-order valence-electron chi connectivity index (χ1n) is 14.1. The van der Waals surface area contributed by atoms with E-state index in [2.05, 4.69) is 29.6 Å². The predicted octanol–water partition coefficient (Wildman–Crippen LogP) is 5.59. The maximum atomic E-state index is 14.0. The zero-order valence-corrected chi connectivity index (χ0v) is 22.5. The third-order valence-electron chi connectivity index (χ3n) is 9.23.